The lowest BCUT2D eigenvalue weighted by molar-refractivity contribution is -0.133. The maximum absolute atomic E-state index is 13.0. The predicted octanol–water partition coefficient (Wildman–Crippen LogP) is 4.39. The maximum atomic E-state index is 13.0. The van der Waals surface area contributed by atoms with Crippen molar-refractivity contribution < 1.29 is 9.59 Å². The summed E-state index contributed by atoms with van der Waals surface area (Å²) < 4.78 is 0. The molecule has 2 heterocycles. The van der Waals surface area contributed by atoms with Gasteiger partial charge in [0.2, 0.25) is 0 Å². The van der Waals surface area contributed by atoms with Crippen LogP contribution >= 0.6 is 12.2 Å². The summed E-state index contributed by atoms with van der Waals surface area (Å²) in [6.45, 7) is 12.1. The number of unbranched alkanes of at least 4 members (excludes halogenated alkanes) is 1. The fourth-order valence-electron chi connectivity index (χ4n) is 4.26. The zero-order valence-corrected chi connectivity index (χ0v) is 19.4. The number of nitrogens with zero attached hydrogens (tertiary/aromatic N) is 3. The summed E-state index contributed by atoms with van der Waals surface area (Å²) in [5.74, 6) is -0.634. The molecule has 30 heavy (non-hydrogen) atoms. The predicted molar refractivity (Wildman–Crippen MR) is 125 cm³/mol. The van der Waals surface area contributed by atoms with E-state index < -0.39 is 0 Å². The van der Waals surface area contributed by atoms with Gasteiger partial charge < -0.3 is 4.90 Å². The van der Waals surface area contributed by atoms with Gasteiger partial charge in [-0.15, -0.1) is 0 Å². The fourth-order valence-corrected chi connectivity index (χ4v) is 4.69. The molecule has 160 valence electrons. The SMILES string of the molecule is CCCCN1C(=CC=C2C(=O)N(CC)C(=S)N(CC)C2=O)C(C)(C)c2ccccc21. The maximum Gasteiger partial charge on any atom is 0.265 e. The van der Waals surface area contributed by atoms with Crippen molar-refractivity contribution in [2.75, 3.05) is 24.5 Å². The van der Waals surface area contributed by atoms with Crippen LogP contribution in [-0.2, 0) is 15.0 Å². The molecule has 0 radical (unpaired) electrons. The summed E-state index contributed by atoms with van der Waals surface area (Å²) in [6.07, 6.45) is 5.81. The first kappa shape index (κ1) is 22.2. The van der Waals surface area contributed by atoms with Crippen LogP contribution in [0.3, 0.4) is 0 Å². The molecule has 1 aromatic carbocycles. The number of anilines is 1. The minimum absolute atomic E-state index is 0.169. The molecule has 5 nitrogen and oxygen atoms in total. The van der Waals surface area contributed by atoms with Crippen LogP contribution in [0.4, 0.5) is 5.69 Å². The molecule has 0 bridgehead atoms. The Labute approximate surface area is 185 Å². The van der Waals surface area contributed by atoms with E-state index >= 15 is 0 Å². The Hall–Kier alpha value is -2.47. The molecule has 6 heteroatoms. The second-order valence-corrected chi connectivity index (χ2v) is 8.53. The molecule has 0 N–H and O–H groups in total. The average Bonchev–Trinajstić information content (AvgIpc) is 2.93. The lowest BCUT2D eigenvalue weighted by Gasteiger charge is -2.35. The summed E-state index contributed by atoms with van der Waals surface area (Å²) in [6, 6.07) is 8.43. The summed E-state index contributed by atoms with van der Waals surface area (Å²) in [5.41, 5.74) is 3.52. The van der Waals surface area contributed by atoms with Gasteiger partial charge in [0.1, 0.15) is 5.57 Å². The number of para-hydroxylation sites is 1. The number of thiocarbonyl (C=S) groups is 1. The molecule has 2 aliphatic rings. The third kappa shape index (κ3) is 3.58. The van der Waals surface area contributed by atoms with Crippen molar-refractivity contribution in [1.29, 1.82) is 0 Å². The minimum Gasteiger partial charge on any atom is -0.344 e. The molecule has 3 rings (SSSR count). The van der Waals surface area contributed by atoms with Crippen LogP contribution in [0.15, 0.2) is 47.7 Å². The number of fused-ring (bicyclic) bond motifs is 1. The number of hydrogen-bond acceptors (Lipinski definition) is 4. The van der Waals surface area contributed by atoms with E-state index in [1.54, 1.807) is 6.08 Å². The topological polar surface area (TPSA) is 43.9 Å². The van der Waals surface area contributed by atoms with Gasteiger partial charge in [-0.2, -0.15) is 0 Å². The molecule has 0 aromatic heterocycles. The highest BCUT2D eigenvalue weighted by molar-refractivity contribution is 7.80. The van der Waals surface area contributed by atoms with Crippen molar-refractivity contribution in [3.05, 3.63) is 53.3 Å². The summed E-state index contributed by atoms with van der Waals surface area (Å²) in [7, 11) is 0. The van der Waals surface area contributed by atoms with Gasteiger partial charge in [0.05, 0.1) is 0 Å². The number of amides is 2. The zero-order valence-electron chi connectivity index (χ0n) is 18.6. The number of allylic oxidation sites excluding steroid dienone is 3. The van der Waals surface area contributed by atoms with Gasteiger partial charge in [-0.3, -0.25) is 19.4 Å². The Morgan fingerprint density at radius 1 is 0.933 bits per heavy atom. The average molecular weight is 426 g/mol. The van der Waals surface area contributed by atoms with Crippen molar-refractivity contribution in [3.63, 3.8) is 0 Å². The van der Waals surface area contributed by atoms with Crippen LogP contribution in [0.25, 0.3) is 0 Å². The van der Waals surface area contributed by atoms with E-state index in [1.165, 1.54) is 21.1 Å². The van der Waals surface area contributed by atoms with Crippen molar-refractivity contribution in [1.82, 2.24) is 9.80 Å². The van der Waals surface area contributed by atoms with Crippen LogP contribution in [0.1, 0.15) is 53.0 Å². The molecule has 0 saturated carbocycles. The lowest BCUT2D eigenvalue weighted by atomic mass is 9.83. The molecule has 0 atom stereocenters. The van der Waals surface area contributed by atoms with E-state index in [9.17, 15) is 9.59 Å². The molecule has 1 fully saturated rings. The largest absolute Gasteiger partial charge is 0.344 e. The highest BCUT2D eigenvalue weighted by atomic mass is 32.1. The Bertz CT molecular complexity index is 904. The molecule has 0 unspecified atom stereocenters. The monoisotopic (exact) mass is 425 g/mol. The van der Waals surface area contributed by atoms with Crippen LogP contribution in [0.5, 0.6) is 0 Å². The van der Waals surface area contributed by atoms with Gasteiger partial charge in [-0.05, 0) is 56.3 Å². The molecular formula is C24H31N3O2S. The van der Waals surface area contributed by atoms with Crippen molar-refractivity contribution in [2.45, 2.75) is 52.9 Å². The van der Waals surface area contributed by atoms with Crippen LogP contribution in [0.2, 0.25) is 0 Å². The molecule has 1 saturated heterocycles. The summed E-state index contributed by atoms with van der Waals surface area (Å²) in [4.78, 5) is 31.2. The molecule has 1 aromatic rings. The van der Waals surface area contributed by atoms with E-state index in [4.69, 9.17) is 12.2 Å². The molecular weight excluding hydrogens is 394 g/mol. The Balaban J connectivity index is 2.07. The van der Waals surface area contributed by atoms with Crippen LogP contribution in [0, 0.1) is 0 Å². The van der Waals surface area contributed by atoms with E-state index in [-0.39, 0.29) is 27.9 Å². The smallest absolute Gasteiger partial charge is 0.265 e. The van der Waals surface area contributed by atoms with Crippen molar-refractivity contribution >= 4 is 34.8 Å². The van der Waals surface area contributed by atoms with E-state index in [2.05, 4.69) is 49.9 Å². The zero-order chi connectivity index (χ0) is 22.1. The number of rotatable bonds is 6. The highest BCUT2D eigenvalue weighted by Gasteiger charge is 2.40. The second kappa shape index (κ2) is 8.72. The summed E-state index contributed by atoms with van der Waals surface area (Å²) >= 11 is 5.36. The number of carbonyl (C=O) groups is 2. The Morgan fingerprint density at radius 3 is 2.10 bits per heavy atom. The lowest BCUT2D eigenvalue weighted by Crippen LogP contribution is -2.55. The van der Waals surface area contributed by atoms with Gasteiger partial charge in [0.25, 0.3) is 11.8 Å². The quantitative estimate of drug-likeness (QED) is 0.385. The number of hydrogen-bond donors (Lipinski definition) is 0. The molecule has 2 aliphatic heterocycles. The first-order valence-corrected chi connectivity index (χ1v) is 11.2. The second-order valence-electron chi connectivity index (χ2n) is 8.16. The first-order valence-electron chi connectivity index (χ1n) is 10.8. The van der Waals surface area contributed by atoms with Gasteiger partial charge in [-0.25, -0.2) is 0 Å². The van der Waals surface area contributed by atoms with E-state index in [0.29, 0.717) is 13.1 Å². The third-order valence-electron chi connectivity index (χ3n) is 5.99. The van der Waals surface area contributed by atoms with Gasteiger partial charge in [0, 0.05) is 36.4 Å². The molecule has 0 aliphatic carbocycles. The fraction of sp³-hybridized carbons (Fsp3) is 0.458. The van der Waals surface area contributed by atoms with Crippen molar-refractivity contribution in [2.24, 2.45) is 0 Å². The third-order valence-corrected chi connectivity index (χ3v) is 6.43. The highest BCUT2D eigenvalue weighted by Crippen LogP contribution is 2.47. The number of carbonyl (C=O) groups excluding carboxylic acids is 2. The molecule has 2 amide bonds. The molecule has 0 spiro atoms. The first-order chi connectivity index (χ1) is 14.3. The van der Waals surface area contributed by atoms with E-state index in [1.807, 2.05) is 19.9 Å². The number of benzene rings is 1. The Kier molecular flexibility index (Phi) is 6.46. The van der Waals surface area contributed by atoms with Gasteiger partial charge in [-0.1, -0.05) is 45.4 Å². The Morgan fingerprint density at radius 2 is 1.53 bits per heavy atom. The summed E-state index contributed by atoms with van der Waals surface area (Å²) in [5, 5.41) is 0.290. The normalized spacial score (nSPS) is 19.8. The van der Waals surface area contributed by atoms with Gasteiger partial charge in [0.15, 0.2) is 5.11 Å². The van der Waals surface area contributed by atoms with Crippen LogP contribution < -0.4 is 4.90 Å². The van der Waals surface area contributed by atoms with Gasteiger partial charge >= 0.3 is 0 Å². The minimum atomic E-state index is -0.317. The van der Waals surface area contributed by atoms with Crippen LogP contribution in [-0.4, -0.2) is 46.4 Å². The standard InChI is InChI=1S/C24H31N3O2S/c1-6-9-16-27-19-13-11-10-12-18(19)24(4,5)20(27)15-14-17-21(28)25(7-2)23(30)26(8-3)22(17)29/h10-15H,6-9,16H2,1-5H3. The van der Waals surface area contributed by atoms with E-state index in [0.717, 1.165) is 25.1 Å². The number of likely N-dealkylation sites (N-methyl/N-ethyl adjacent to an activating group) is 2. The van der Waals surface area contributed by atoms with Crippen molar-refractivity contribution in [3.8, 4) is 0 Å².